The van der Waals surface area contributed by atoms with E-state index >= 15 is 0 Å². The summed E-state index contributed by atoms with van der Waals surface area (Å²) in [6.45, 7) is 4.14. The first-order chi connectivity index (χ1) is 19.4. The van der Waals surface area contributed by atoms with E-state index in [1.165, 1.54) is 14.2 Å². The molecule has 0 fully saturated rings. The molecule has 0 unspecified atom stereocenters. The molecule has 3 aromatic carbocycles. The van der Waals surface area contributed by atoms with Gasteiger partial charge in [-0.3, -0.25) is 14.8 Å². The Hall–Kier alpha value is -3.63. The number of fused-ring (bicyclic) bond motifs is 1. The van der Waals surface area contributed by atoms with Crippen LogP contribution in [0.5, 0.6) is 17.2 Å². The second-order valence-electron chi connectivity index (χ2n) is 10.3. The molecule has 41 heavy (non-hydrogen) atoms. The lowest BCUT2D eigenvalue weighted by atomic mass is 9.98. The number of hydrogen-bond acceptors (Lipinski definition) is 8. The molecule has 0 spiro atoms. The summed E-state index contributed by atoms with van der Waals surface area (Å²) in [7, 11) is -0.796. The number of carbonyl (C=O) groups excluding carboxylic acids is 1. The van der Waals surface area contributed by atoms with Crippen molar-refractivity contribution >= 4 is 33.3 Å². The van der Waals surface area contributed by atoms with Crippen LogP contribution in [0, 0.1) is 5.92 Å². The number of nitrogens with zero attached hydrogens (tertiary/aromatic N) is 3. The van der Waals surface area contributed by atoms with Crippen molar-refractivity contribution in [3.05, 3.63) is 82.0 Å². The summed E-state index contributed by atoms with van der Waals surface area (Å²) in [6.07, 6.45) is 2.10. The van der Waals surface area contributed by atoms with Gasteiger partial charge in [0.1, 0.15) is 10.8 Å². The van der Waals surface area contributed by atoms with Crippen LogP contribution in [0.15, 0.2) is 70.6 Å². The maximum atomic E-state index is 13.9. The molecule has 0 atom stereocenters. The van der Waals surface area contributed by atoms with Crippen LogP contribution in [-0.2, 0) is 21.3 Å². The zero-order valence-electron chi connectivity index (χ0n) is 23.8. The maximum absolute atomic E-state index is 13.9. The van der Waals surface area contributed by atoms with Crippen molar-refractivity contribution in [3.8, 4) is 17.2 Å². The smallest absolute Gasteiger partial charge is 0.306 e. The number of benzene rings is 3. The molecule has 4 rings (SSSR count). The maximum Gasteiger partial charge on any atom is 0.306 e. The highest BCUT2D eigenvalue weighted by atomic mass is 35.5. The molecule has 9 nitrogen and oxygen atoms in total. The third-order valence-electron chi connectivity index (χ3n) is 6.63. The average Bonchev–Trinajstić information content (AvgIpc) is 3.28. The summed E-state index contributed by atoms with van der Waals surface area (Å²) in [5, 5.41) is 1.56. The van der Waals surface area contributed by atoms with E-state index in [9.17, 15) is 13.2 Å². The predicted molar refractivity (Wildman–Crippen MR) is 158 cm³/mol. The molecular formula is C30H34ClN3O6S. The first kappa shape index (κ1) is 30.3. The first-order valence-corrected chi connectivity index (χ1v) is 15.4. The Balaban J connectivity index is 1.86. The lowest BCUT2D eigenvalue weighted by molar-refractivity contribution is -0.119. The number of hydrogen-bond donors (Lipinski definition) is 0. The van der Waals surface area contributed by atoms with Gasteiger partial charge >= 0.3 is 10.1 Å². The van der Waals surface area contributed by atoms with E-state index in [1.807, 2.05) is 24.3 Å². The number of rotatable bonds is 12. The molecule has 0 saturated carbocycles. The van der Waals surface area contributed by atoms with Gasteiger partial charge < -0.3 is 18.6 Å². The van der Waals surface area contributed by atoms with Crippen molar-refractivity contribution in [1.29, 1.82) is 0 Å². The fourth-order valence-corrected chi connectivity index (χ4v) is 5.55. The number of para-hydroxylation sites is 3. The van der Waals surface area contributed by atoms with Crippen LogP contribution in [0.1, 0.15) is 32.3 Å². The second-order valence-corrected chi connectivity index (χ2v) is 12.3. The summed E-state index contributed by atoms with van der Waals surface area (Å²) < 4.78 is 40.3. The monoisotopic (exact) mass is 599 g/mol. The Morgan fingerprint density at radius 1 is 0.951 bits per heavy atom. The summed E-state index contributed by atoms with van der Waals surface area (Å²) in [5.74, 6) is 1.06. The van der Waals surface area contributed by atoms with Crippen molar-refractivity contribution in [1.82, 2.24) is 0 Å². The van der Waals surface area contributed by atoms with E-state index in [2.05, 4.69) is 13.8 Å². The molecule has 1 heterocycles. The van der Waals surface area contributed by atoms with Crippen molar-refractivity contribution in [2.24, 2.45) is 15.9 Å². The molecule has 11 heteroatoms. The zero-order chi connectivity index (χ0) is 29.8. The average molecular weight is 600 g/mol. The third kappa shape index (κ3) is 7.18. The minimum atomic E-state index is -3.79. The van der Waals surface area contributed by atoms with E-state index < -0.39 is 15.8 Å². The van der Waals surface area contributed by atoms with E-state index in [0.717, 1.165) is 6.26 Å². The predicted octanol–water partition coefficient (Wildman–Crippen LogP) is 4.36. The van der Waals surface area contributed by atoms with Gasteiger partial charge in [-0.2, -0.15) is 8.42 Å². The molecule has 1 aliphatic rings. The van der Waals surface area contributed by atoms with Gasteiger partial charge in [0.2, 0.25) is 5.91 Å². The molecule has 0 bridgehead atoms. The van der Waals surface area contributed by atoms with Gasteiger partial charge in [-0.05, 0) is 42.7 Å². The van der Waals surface area contributed by atoms with E-state index in [4.69, 9.17) is 35.2 Å². The zero-order valence-corrected chi connectivity index (χ0v) is 25.3. The summed E-state index contributed by atoms with van der Waals surface area (Å²) in [5.41, 5.74) is -0.198. The highest BCUT2D eigenvalue weighted by Gasteiger charge is 2.38. The lowest BCUT2D eigenvalue weighted by Gasteiger charge is -2.33. The van der Waals surface area contributed by atoms with Crippen LogP contribution in [-0.4, -0.2) is 47.0 Å². The Morgan fingerprint density at radius 2 is 1.59 bits per heavy atom. The van der Waals surface area contributed by atoms with Gasteiger partial charge in [0, 0.05) is 18.4 Å². The number of halogens is 1. The van der Waals surface area contributed by atoms with Crippen molar-refractivity contribution in [2.75, 3.05) is 31.9 Å². The molecule has 3 aromatic rings. The van der Waals surface area contributed by atoms with Gasteiger partial charge in [-0.15, -0.1) is 0 Å². The van der Waals surface area contributed by atoms with E-state index in [1.54, 1.807) is 41.3 Å². The fourth-order valence-electron chi connectivity index (χ4n) is 4.73. The number of carbonyl (C=O) groups is 1. The van der Waals surface area contributed by atoms with Crippen molar-refractivity contribution in [3.63, 3.8) is 0 Å². The Labute approximate surface area is 245 Å². The minimum Gasteiger partial charge on any atom is -0.493 e. The topological polar surface area (TPSA) is 107 Å². The highest BCUT2D eigenvalue weighted by Crippen LogP contribution is 2.43. The molecule has 0 N–H and O–H groups in total. The van der Waals surface area contributed by atoms with Crippen LogP contribution in [0.4, 0.5) is 5.69 Å². The summed E-state index contributed by atoms with van der Waals surface area (Å²) in [4.78, 5) is 25.5. The second kappa shape index (κ2) is 12.5. The Bertz CT molecular complexity index is 1620. The fraction of sp³-hybridized carbons (Fsp3) is 0.367. The standard InChI is InChI=1S/C30H34ClN3O6S/c1-20(2)14-17-27(35)34(24-15-16-26(38-3)29(39-4)28(24)31)19-30(32-22-11-7-8-12-23(22)33-30)18-21-10-6-9-13-25(21)40-41(5,36)37/h6-13,15-16,20H,14,17-19H2,1-5H3. The van der Waals surface area contributed by atoms with Crippen LogP contribution in [0.3, 0.4) is 0 Å². The van der Waals surface area contributed by atoms with Gasteiger partial charge in [-0.1, -0.05) is 55.8 Å². The van der Waals surface area contributed by atoms with Crippen LogP contribution < -0.4 is 29.3 Å². The van der Waals surface area contributed by atoms with Crippen molar-refractivity contribution < 1.29 is 26.9 Å². The highest BCUT2D eigenvalue weighted by molar-refractivity contribution is 7.86. The van der Waals surface area contributed by atoms with Crippen LogP contribution in [0.2, 0.25) is 5.02 Å². The first-order valence-electron chi connectivity index (χ1n) is 13.2. The number of ether oxygens (including phenoxy) is 2. The molecule has 218 valence electrons. The van der Waals surface area contributed by atoms with Gasteiger partial charge in [-0.25, -0.2) is 0 Å². The lowest BCUT2D eigenvalue weighted by Crippen LogP contribution is -2.45. The third-order valence-corrected chi connectivity index (χ3v) is 7.48. The number of anilines is 1. The van der Waals surface area contributed by atoms with Gasteiger partial charge in [0.05, 0.1) is 43.4 Å². The molecule has 0 saturated heterocycles. The quantitative estimate of drug-likeness (QED) is 0.286. The van der Waals surface area contributed by atoms with E-state index in [0.29, 0.717) is 45.8 Å². The number of methoxy groups -OCH3 is 2. The SMILES string of the molecule is COc1ccc(N(CC2(Cc3ccccc3OS(C)(=O)=O)N=c3ccccc3=N2)C(=O)CCC(C)C)c(Cl)c1OC. The normalized spacial score (nSPS) is 13.6. The molecule has 0 aliphatic carbocycles. The number of amides is 1. The molecule has 1 aliphatic heterocycles. The van der Waals surface area contributed by atoms with E-state index in [-0.39, 0.29) is 36.1 Å². The summed E-state index contributed by atoms with van der Waals surface area (Å²) in [6, 6.07) is 17.7. The van der Waals surface area contributed by atoms with Gasteiger partial charge in [0.25, 0.3) is 0 Å². The van der Waals surface area contributed by atoms with Crippen LogP contribution >= 0.6 is 11.6 Å². The molecule has 0 aromatic heterocycles. The Kier molecular flexibility index (Phi) is 9.24. The molecule has 0 radical (unpaired) electrons. The molecular weight excluding hydrogens is 566 g/mol. The van der Waals surface area contributed by atoms with Gasteiger partial charge in [0.15, 0.2) is 17.2 Å². The largest absolute Gasteiger partial charge is 0.493 e. The minimum absolute atomic E-state index is 0.0288. The van der Waals surface area contributed by atoms with Crippen molar-refractivity contribution in [2.45, 2.75) is 38.8 Å². The summed E-state index contributed by atoms with van der Waals surface area (Å²) >= 11 is 6.83. The Morgan fingerprint density at radius 3 is 2.17 bits per heavy atom. The van der Waals surface area contributed by atoms with Crippen LogP contribution in [0.25, 0.3) is 0 Å². The molecule has 1 amide bonds.